The maximum absolute atomic E-state index is 10.7. The van der Waals surface area contributed by atoms with Gasteiger partial charge in [0.25, 0.3) is 0 Å². The fourth-order valence-corrected chi connectivity index (χ4v) is 1.54. The van der Waals surface area contributed by atoms with Gasteiger partial charge in [0.1, 0.15) is 5.82 Å². The molecule has 0 aliphatic carbocycles. The molecule has 3 N–H and O–H groups in total. The van der Waals surface area contributed by atoms with Crippen LogP contribution in [0.4, 0.5) is 5.82 Å². The van der Waals surface area contributed by atoms with Crippen molar-refractivity contribution >= 4 is 17.4 Å². The smallest absolute Gasteiger partial charge is 0.356 e. The largest absolute Gasteiger partial charge is 0.476 e. The van der Waals surface area contributed by atoms with Crippen LogP contribution < -0.4 is 5.73 Å². The molecular weight excluding hydrogens is 208 g/mol. The van der Waals surface area contributed by atoms with E-state index < -0.39 is 5.97 Å². The minimum atomic E-state index is -1.08. The van der Waals surface area contributed by atoms with E-state index in [0.717, 1.165) is 18.5 Å². The van der Waals surface area contributed by atoms with Crippen LogP contribution in [0.3, 0.4) is 0 Å². The Morgan fingerprint density at radius 3 is 2.94 bits per heavy atom. The topological polar surface area (TPSA) is 93.5 Å². The third kappa shape index (κ3) is 1.69. The number of rotatable bonds is 3. The summed E-state index contributed by atoms with van der Waals surface area (Å²) in [6, 6.07) is 3.13. The Labute approximate surface area is 91.7 Å². The predicted octanol–water partition coefficient (Wildman–Crippen LogP) is 0.962. The average Bonchev–Trinajstić information content (AvgIpc) is 2.62. The Hall–Kier alpha value is -2.11. The molecule has 2 heterocycles. The number of hydrogen-bond donors (Lipinski definition) is 2. The van der Waals surface area contributed by atoms with Gasteiger partial charge < -0.3 is 10.8 Å². The van der Waals surface area contributed by atoms with Crippen LogP contribution >= 0.6 is 0 Å². The van der Waals surface area contributed by atoms with Crippen molar-refractivity contribution in [1.82, 2.24) is 14.6 Å². The van der Waals surface area contributed by atoms with Crippen LogP contribution in [-0.2, 0) is 6.42 Å². The highest BCUT2D eigenvalue weighted by Gasteiger charge is 2.11. The Balaban J connectivity index is 2.58. The second kappa shape index (κ2) is 3.80. The summed E-state index contributed by atoms with van der Waals surface area (Å²) in [7, 11) is 0. The molecule has 0 aromatic carbocycles. The van der Waals surface area contributed by atoms with E-state index >= 15 is 0 Å². The molecule has 0 aliphatic rings. The first-order valence-corrected chi connectivity index (χ1v) is 5.00. The molecule has 0 saturated heterocycles. The second-order valence-electron chi connectivity index (χ2n) is 3.53. The molecule has 0 amide bonds. The van der Waals surface area contributed by atoms with Crippen molar-refractivity contribution in [3.63, 3.8) is 0 Å². The van der Waals surface area contributed by atoms with Gasteiger partial charge in [0.2, 0.25) is 0 Å². The summed E-state index contributed by atoms with van der Waals surface area (Å²) in [6.45, 7) is 2.04. The van der Waals surface area contributed by atoms with Crippen molar-refractivity contribution in [2.75, 3.05) is 5.73 Å². The number of nitrogens with two attached hydrogens (primary N) is 1. The van der Waals surface area contributed by atoms with Crippen molar-refractivity contribution in [3.8, 4) is 0 Å². The van der Waals surface area contributed by atoms with E-state index in [0.29, 0.717) is 11.5 Å². The molecule has 0 saturated carbocycles. The molecule has 0 spiro atoms. The van der Waals surface area contributed by atoms with Gasteiger partial charge in [0, 0.05) is 17.8 Å². The fraction of sp³-hybridized carbons (Fsp3) is 0.300. The van der Waals surface area contributed by atoms with E-state index in [2.05, 4.69) is 10.1 Å². The third-order valence-corrected chi connectivity index (χ3v) is 2.23. The van der Waals surface area contributed by atoms with E-state index in [1.807, 2.05) is 6.92 Å². The zero-order valence-electron chi connectivity index (χ0n) is 8.84. The Morgan fingerprint density at radius 1 is 1.56 bits per heavy atom. The molecule has 0 atom stereocenters. The van der Waals surface area contributed by atoms with Gasteiger partial charge in [-0.05, 0) is 6.42 Å². The van der Waals surface area contributed by atoms with Crippen molar-refractivity contribution in [3.05, 3.63) is 23.5 Å². The summed E-state index contributed by atoms with van der Waals surface area (Å²) >= 11 is 0. The zero-order valence-corrected chi connectivity index (χ0v) is 8.84. The number of nitrogen functional groups attached to an aromatic ring is 1. The molecule has 0 aliphatic heterocycles. The van der Waals surface area contributed by atoms with Gasteiger partial charge in [-0.25, -0.2) is 9.78 Å². The summed E-state index contributed by atoms with van der Waals surface area (Å²) < 4.78 is 1.34. The number of nitrogens with zero attached hydrogens (tertiary/aromatic N) is 3. The molecule has 6 nitrogen and oxygen atoms in total. The molecule has 6 heteroatoms. The van der Waals surface area contributed by atoms with Crippen molar-refractivity contribution in [2.24, 2.45) is 0 Å². The maximum Gasteiger partial charge on any atom is 0.356 e. The number of anilines is 1. The molecule has 0 fully saturated rings. The van der Waals surface area contributed by atoms with Crippen LogP contribution in [0.1, 0.15) is 29.5 Å². The number of carbonyl (C=O) groups is 1. The Bertz CT molecular complexity index is 547. The normalized spacial score (nSPS) is 10.8. The molecule has 2 rings (SSSR count). The highest BCUT2D eigenvalue weighted by Crippen LogP contribution is 2.12. The van der Waals surface area contributed by atoms with Gasteiger partial charge in [-0.3, -0.25) is 0 Å². The van der Waals surface area contributed by atoms with E-state index in [1.54, 1.807) is 6.07 Å². The van der Waals surface area contributed by atoms with E-state index in [1.165, 1.54) is 10.6 Å². The number of aromatic carboxylic acids is 1. The first-order chi connectivity index (χ1) is 7.61. The monoisotopic (exact) mass is 220 g/mol. The lowest BCUT2D eigenvalue weighted by Crippen LogP contribution is -2.04. The second-order valence-corrected chi connectivity index (χ2v) is 3.53. The summed E-state index contributed by atoms with van der Waals surface area (Å²) in [6.07, 6.45) is 1.77. The molecule has 84 valence electrons. The Morgan fingerprint density at radius 2 is 2.31 bits per heavy atom. The van der Waals surface area contributed by atoms with E-state index in [4.69, 9.17) is 10.8 Å². The van der Waals surface area contributed by atoms with Crippen LogP contribution in [-0.4, -0.2) is 25.7 Å². The first kappa shape index (κ1) is 10.4. The van der Waals surface area contributed by atoms with Gasteiger partial charge in [0.15, 0.2) is 11.3 Å². The minimum absolute atomic E-state index is 0.0483. The molecule has 2 aromatic heterocycles. The van der Waals surface area contributed by atoms with Crippen LogP contribution in [0, 0.1) is 0 Å². The van der Waals surface area contributed by atoms with Crippen LogP contribution in [0.15, 0.2) is 12.1 Å². The van der Waals surface area contributed by atoms with E-state index in [9.17, 15) is 4.79 Å². The number of fused-ring (bicyclic) bond motifs is 1. The number of hydrogen-bond acceptors (Lipinski definition) is 4. The van der Waals surface area contributed by atoms with Gasteiger partial charge in [-0.15, -0.1) is 0 Å². The summed E-state index contributed by atoms with van der Waals surface area (Å²) in [5.74, 6) is -0.678. The molecule has 2 aromatic rings. The third-order valence-electron chi connectivity index (χ3n) is 2.23. The SMILES string of the molecule is CCCc1cc(N)n2nc(C(=O)O)cc2n1. The molecule has 0 radical (unpaired) electrons. The van der Waals surface area contributed by atoms with Gasteiger partial charge in [-0.2, -0.15) is 9.61 Å². The lowest BCUT2D eigenvalue weighted by atomic mass is 10.2. The summed E-state index contributed by atoms with van der Waals surface area (Å²) in [4.78, 5) is 15.0. The molecule has 16 heavy (non-hydrogen) atoms. The highest BCUT2D eigenvalue weighted by atomic mass is 16.4. The predicted molar refractivity (Wildman–Crippen MR) is 58.4 cm³/mol. The molecule has 0 unspecified atom stereocenters. The fourth-order valence-electron chi connectivity index (χ4n) is 1.54. The van der Waals surface area contributed by atoms with Crippen LogP contribution in [0.5, 0.6) is 0 Å². The van der Waals surface area contributed by atoms with E-state index in [-0.39, 0.29) is 5.69 Å². The maximum atomic E-state index is 10.7. The number of carboxylic acid groups (broad SMARTS) is 1. The Kier molecular flexibility index (Phi) is 2.47. The summed E-state index contributed by atoms with van der Waals surface area (Å²) in [5, 5.41) is 12.6. The lowest BCUT2D eigenvalue weighted by molar-refractivity contribution is 0.0690. The van der Waals surface area contributed by atoms with Crippen molar-refractivity contribution in [2.45, 2.75) is 19.8 Å². The van der Waals surface area contributed by atoms with Gasteiger partial charge in [0.05, 0.1) is 0 Å². The van der Waals surface area contributed by atoms with Crippen molar-refractivity contribution in [1.29, 1.82) is 0 Å². The van der Waals surface area contributed by atoms with Crippen molar-refractivity contribution < 1.29 is 9.90 Å². The van der Waals surface area contributed by atoms with Crippen LogP contribution in [0.2, 0.25) is 0 Å². The number of carboxylic acids is 1. The molecular formula is C10H12N4O2. The highest BCUT2D eigenvalue weighted by molar-refractivity contribution is 5.86. The zero-order chi connectivity index (χ0) is 11.7. The molecule has 0 bridgehead atoms. The summed E-state index contributed by atoms with van der Waals surface area (Å²) in [5.41, 5.74) is 7.04. The first-order valence-electron chi connectivity index (χ1n) is 5.00. The minimum Gasteiger partial charge on any atom is -0.476 e. The average molecular weight is 220 g/mol. The van der Waals surface area contributed by atoms with Gasteiger partial charge >= 0.3 is 5.97 Å². The van der Waals surface area contributed by atoms with Gasteiger partial charge in [-0.1, -0.05) is 13.3 Å². The quantitative estimate of drug-likeness (QED) is 0.803. The van der Waals surface area contributed by atoms with Crippen LogP contribution in [0.25, 0.3) is 5.65 Å². The lowest BCUT2D eigenvalue weighted by Gasteiger charge is -2.02. The number of aryl methyl sites for hydroxylation is 1. The number of aromatic nitrogens is 3. The standard InChI is InChI=1S/C10H12N4O2/c1-2-3-6-4-8(11)14-9(12-6)5-7(13-14)10(15)16/h4-5H,2-3,11H2,1H3,(H,15,16).